The minimum absolute atomic E-state index is 0.248. The average molecular weight is 249 g/mol. The normalized spacial score (nSPS) is 10.2. The standard InChI is InChI=1S/C13H12FNOS/c1-16-10-5-6-13(12(15)8-10)17-11-4-2-3-9(14)7-11/h2-8H,15H2,1H3. The van der Waals surface area contributed by atoms with Gasteiger partial charge in [-0.25, -0.2) is 4.39 Å². The summed E-state index contributed by atoms with van der Waals surface area (Å²) in [5, 5.41) is 0. The highest BCUT2D eigenvalue weighted by atomic mass is 32.2. The van der Waals surface area contributed by atoms with Gasteiger partial charge in [0.2, 0.25) is 0 Å². The number of rotatable bonds is 3. The van der Waals surface area contributed by atoms with E-state index < -0.39 is 0 Å². The summed E-state index contributed by atoms with van der Waals surface area (Å²) in [6.07, 6.45) is 0. The fraction of sp³-hybridized carbons (Fsp3) is 0.0769. The predicted molar refractivity (Wildman–Crippen MR) is 67.9 cm³/mol. The molecule has 0 aliphatic rings. The van der Waals surface area contributed by atoms with Crippen LogP contribution in [-0.4, -0.2) is 7.11 Å². The molecule has 0 radical (unpaired) electrons. The summed E-state index contributed by atoms with van der Waals surface area (Å²) in [4.78, 5) is 1.71. The van der Waals surface area contributed by atoms with Gasteiger partial charge in [0, 0.05) is 21.5 Å². The highest BCUT2D eigenvalue weighted by molar-refractivity contribution is 7.99. The molecule has 0 bridgehead atoms. The van der Waals surface area contributed by atoms with Crippen LogP contribution in [0.5, 0.6) is 5.75 Å². The topological polar surface area (TPSA) is 35.2 Å². The third-order valence-corrected chi connectivity index (χ3v) is 3.32. The van der Waals surface area contributed by atoms with Gasteiger partial charge in [-0.15, -0.1) is 0 Å². The Balaban J connectivity index is 2.24. The zero-order valence-corrected chi connectivity index (χ0v) is 10.1. The van der Waals surface area contributed by atoms with Crippen molar-refractivity contribution in [3.8, 4) is 5.75 Å². The first-order valence-electron chi connectivity index (χ1n) is 5.06. The van der Waals surface area contributed by atoms with Gasteiger partial charge < -0.3 is 10.5 Å². The van der Waals surface area contributed by atoms with E-state index in [1.54, 1.807) is 19.2 Å². The van der Waals surface area contributed by atoms with E-state index in [-0.39, 0.29) is 5.82 Å². The number of methoxy groups -OCH3 is 1. The quantitative estimate of drug-likeness (QED) is 0.845. The highest BCUT2D eigenvalue weighted by Crippen LogP contribution is 2.34. The van der Waals surface area contributed by atoms with Crippen LogP contribution in [0.3, 0.4) is 0 Å². The Labute approximate surface area is 104 Å². The predicted octanol–water partition coefficient (Wildman–Crippen LogP) is 3.57. The molecule has 2 rings (SSSR count). The van der Waals surface area contributed by atoms with Gasteiger partial charge in [0.25, 0.3) is 0 Å². The van der Waals surface area contributed by atoms with Gasteiger partial charge in [0.05, 0.1) is 7.11 Å². The summed E-state index contributed by atoms with van der Waals surface area (Å²) < 4.78 is 18.1. The zero-order valence-electron chi connectivity index (χ0n) is 9.31. The number of hydrogen-bond donors (Lipinski definition) is 1. The van der Waals surface area contributed by atoms with E-state index in [1.165, 1.54) is 23.9 Å². The van der Waals surface area contributed by atoms with Crippen molar-refractivity contribution >= 4 is 17.4 Å². The van der Waals surface area contributed by atoms with Crippen LogP contribution in [0.25, 0.3) is 0 Å². The highest BCUT2D eigenvalue weighted by Gasteiger charge is 2.04. The van der Waals surface area contributed by atoms with E-state index in [0.29, 0.717) is 11.4 Å². The Morgan fingerprint density at radius 3 is 2.65 bits per heavy atom. The second kappa shape index (κ2) is 5.10. The van der Waals surface area contributed by atoms with E-state index in [4.69, 9.17) is 10.5 Å². The molecule has 2 N–H and O–H groups in total. The molecule has 0 heterocycles. The minimum atomic E-state index is -0.248. The Bertz CT molecular complexity index is 531. The molecule has 2 aromatic carbocycles. The smallest absolute Gasteiger partial charge is 0.124 e. The molecule has 2 aromatic rings. The number of nitrogen functional groups attached to an aromatic ring is 1. The fourth-order valence-electron chi connectivity index (χ4n) is 1.40. The van der Waals surface area contributed by atoms with Crippen LogP contribution in [0.15, 0.2) is 52.3 Å². The first kappa shape index (κ1) is 11.8. The monoisotopic (exact) mass is 249 g/mol. The minimum Gasteiger partial charge on any atom is -0.497 e. The van der Waals surface area contributed by atoms with Crippen LogP contribution in [0, 0.1) is 5.82 Å². The second-order valence-corrected chi connectivity index (χ2v) is 4.58. The number of ether oxygens (including phenoxy) is 1. The van der Waals surface area contributed by atoms with Crippen molar-refractivity contribution in [1.82, 2.24) is 0 Å². The summed E-state index contributed by atoms with van der Waals surface area (Å²) in [5.41, 5.74) is 6.51. The van der Waals surface area contributed by atoms with Crippen LogP contribution in [-0.2, 0) is 0 Å². The van der Waals surface area contributed by atoms with Crippen molar-refractivity contribution in [3.05, 3.63) is 48.3 Å². The third kappa shape index (κ3) is 2.91. The molecular formula is C13H12FNOS. The maximum Gasteiger partial charge on any atom is 0.124 e. The molecule has 17 heavy (non-hydrogen) atoms. The summed E-state index contributed by atoms with van der Waals surface area (Å²) in [7, 11) is 1.59. The lowest BCUT2D eigenvalue weighted by atomic mass is 10.3. The van der Waals surface area contributed by atoms with E-state index in [1.807, 2.05) is 18.2 Å². The van der Waals surface area contributed by atoms with Crippen LogP contribution < -0.4 is 10.5 Å². The SMILES string of the molecule is COc1ccc(Sc2cccc(F)c2)c(N)c1. The van der Waals surface area contributed by atoms with Crippen molar-refractivity contribution in [2.45, 2.75) is 9.79 Å². The van der Waals surface area contributed by atoms with Gasteiger partial charge in [-0.2, -0.15) is 0 Å². The molecule has 88 valence electrons. The molecule has 0 aliphatic carbocycles. The summed E-state index contributed by atoms with van der Waals surface area (Å²) >= 11 is 1.43. The van der Waals surface area contributed by atoms with Crippen molar-refractivity contribution in [2.75, 3.05) is 12.8 Å². The molecule has 0 aromatic heterocycles. The third-order valence-electron chi connectivity index (χ3n) is 2.24. The number of nitrogens with two attached hydrogens (primary N) is 1. The Morgan fingerprint density at radius 1 is 1.18 bits per heavy atom. The van der Waals surface area contributed by atoms with Gasteiger partial charge in [-0.1, -0.05) is 17.8 Å². The van der Waals surface area contributed by atoms with Crippen molar-refractivity contribution in [1.29, 1.82) is 0 Å². The van der Waals surface area contributed by atoms with Gasteiger partial charge >= 0.3 is 0 Å². The van der Waals surface area contributed by atoms with Crippen LogP contribution in [0.4, 0.5) is 10.1 Å². The Kier molecular flexibility index (Phi) is 3.54. The summed E-state index contributed by atoms with van der Waals surface area (Å²) in [6.45, 7) is 0. The van der Waals surface area contributed by atoms with Gasteiger partial charge in [0.1, 0.15) is 11.6 Å². The van der Waals surface area contributed by atoms with Crippen LogP contribution in [0.2, 0.25) is 0 Å². The molecule has 0 atom stereocenters. The molecular weight excluding hydrogens is 237 g/mol. The maximum atomic E-state index is 13.0. The second-order valence-electron chi connectivity index (χ2n) is 3.46. The lowest BCUT2D eigenvalue weighted by Gasteiger charge is -2.07. The first-order valence-corrected chi connectivity index (χ1v) is 5.87. The van der Waals surface area contributed by atoms with Crippen molar-refractivity contribution in [2.24, 2.45) is 0 Å². The molecule has 0 saturated carbocycles. The molecule has 0 saturated heterocycles. The van der Waals surface area contributed by atoms with Gasteiger partial charge in [-0.3, -0.25) is 0 Å². The van der Waals surface area contributed by atoms with E-state index in [2.05, 4.69) is 0 Å². The van der Waals surface area contributed by atoms with E-state index in [9.17, 15) is 4.39 Å². The first-order chi connectivity index (χ1) is 8.19. The summed E-state index contributed by atoms with van der Waals surface area (Å²) in [6, 6.07) is 11.9. The molecule has 2 nitrogen and oxygen atoms in total. The number of benzene rings is 2. The number of hydrogen-bond acceptors (Lipinski definition) is 3. The molecule has 0 aliphatic heterocycles. The fourth-order valence-corrected chi connectivity index (χ4v) is 2.29. The summed E-state index contributed by atoms with van der Waals surface area (Å²) in [5.74, 6) is 0.466. The zero-order chi connectivity index (χ0) is 12.3. The Hall–Kier alpha value is -1.68. The maximum absolute atomic E-state index is 13.0. The van der Waals surface area contributed by atoms with Crippen molar-refractivity contribution < 1.29 is 9.13 Å². The average Bonchev–Trinajstić information content (AvgIpc) is 2.32. The molecule has 0 unspecified atom stereocenters. The van der Waals surface area contributed by atoms with E-state index in [0.717, 1.165) is 9.79 Å². The van der Waals surface area contributed by atoms with E-state index >= 15 is 0 Å². The molecule has 4 heteroatoms. The lowest BCUT2D eigenvalue weighted by Crippen LogP contribution is -1.90. The largest absolute Gasteiger partial charge is 0.497 e. The van der Waals surface area contributed by atoms with Crippen LogP contribution in [0.1, 0.15) is 0 Å². The number of anilines is 1. The van der Waals surface area contributed by atoms with Crippen LogP contribution >= 0.6 is 11.8 Å². The Morgan fingerprint density at radius 2 is 2.00 bits per heavy atom. The van der Waals surface area contributed by atoms with Gasteiger partial charge in [-0.05, 0) is 30.3 Å². The molecule has 0 amide bonds. The van der Waals surface area contributed by atoms with Gasteiger partial charge in [0.15, 0.2) is 0 Å². The molecule has 0 spiro atoms. The van der Waals surface area contributed by atoms with Crippen molar-refractivity contribution in [3.63, 3.8) is 0 Å². The number of halogens is 1. The lowest BCUT2D eigenvalue weighted by molar-refractivity contribution is 0.415. The molecule has 0 fully saturated rings.